The van der Waals surface area contributed by atoms with Crippen LogP contribution in [0.3, 0.4) is 0 Å². The van der Waals surface area contributed by atoms with E-state index >= 15 is 0 Å². The first-order valence-electron chi connectivity index (χ1n) is 15.4. The van der Waals surface area contributed by atoms with E-state index in [0.29, 0.717) is 24.6 Å². The molecule has 0 N–H and O–H groups in total. The minimum Gasteiger partial charge on any atom is -0.492 e. The van der Waals surface area contributed by atoms with Crippen LogP contribution in [0, 0.1) is 0 Å². The van der Waals surface area contributed by atoms with E-state index in [9.17, 15) is 4.79 Å². The first-order chi connectivity index (χ1) is 19.6. The second-order valence-corrected chi connectivity index (χ2v) is 12.1. The molecule has 0 saturated heterocycles. The zero-order valence-electron chi connectivity index (χ0n) is 25.1. The molecule has 0 unspecified atom stereocenters. The van der Waals surface area contributed by atoms with Crippen LogP contribution >= 0.6 is 40.3 Å². The maximum atomic E-state index is 12.9. The molecule has 2 aromatic carbocycles. The Hall–Kier alpha value is -1.63. The number of nitrogens with zero attached hydrogens (tertiary/aromatic N) is 2. The topological polar surface area (TPSA) is 32.8 Å². The zero-order valence-corrected chi connectivity index (χ0v) is 28.4. The summed E-state index contributed by atoms with van der Waals surface area (Å²) >= 11 is 8.40. The quantitative estimate of drug-likeness (QED) is 0.132. The number of thioether (sulfide) groups is 1. The Morgan fingerprint density at radius 3 is 2.20 bits per heavy atom. The van der Waals surface area contributed by atoms with Crippen molar-refractivity contribution in [3.05, 3.63) is 70.2 Å². The highest BCUT2D eigenvalue weighted by Gasteiger charge is 2.17. The number of rotatable bonds is 20. The lowest BCUT2D eigenvalue weighted by Crippen LogP contribution is -2.29. The maximum Gasteiger partial charge on any atom is 0.227 e. The lowest BCUT2D eigenvalue weighted by molar-refractivity contribution is -0.118. The summed E-state index contributed by atoms with van der Waals surface area (Å²) in [5.74, 6) is 1.78. The van der Waals surface area contributed by atoms with Crippen molar-refractivity contribution < 1.29 is 9.53 Å². The van der Waals surface area contributed by atoms with Gasteiger partial charge in [-0.1, -0.05) is 114 Å². The SMILES string of the molecule is Br.CCCCCCCCCCCCCCOc1ccc(CN(C(=O)CC)c2cccc(CN3C=CSC3)c2)cc1Cl. The fourth-order valence-electron chi connectivity index (χ4n) is 5.05. The number of carbonyl (C=O) groups excluding carboxylic acids is 1. The van der Waals surface area contributed by atoms with Gasteiger partial charge in [-0.25, -0.2) is 0 Å². The standard InChI is InChI=1S/C34H49ClN2O2S.BrH/c1-3-5-6-7-8-9-10-11-12-13-14-15-22-39-33-20-19-30(25-32(33)35)27-37(34(38)4-2)31-18-16-17-29(24-31)26-36-21-23-40-28-36;/h16-21,23-25H,3-15,22,26-28H2,1-2H3;1H. The predicted octanol–water partition coefficient (Wildman–Crippen LogP) is 10.9. The summed E-state index contributed by atoms with van der Waals surface area (Å²) in [6.07, 6.45) is 18.5. The van der Waals surface area contributed by atoms with E-state index in [2.05, 4.69) is 35.6 Å². The number of benzene rings is 2. The van der Waals surface area contributed by atoms with Crippen LogP contribution in [0.5, 0.6) is 5.75 Å². The van der Waals surface area contributed by atoms with Crippen molar-refractivity contribution in [2.24, 2.45) is 0 Å². The third-order valence-electron chi connectivity index (χ3n) is 7.41. The number of anilines is 1. The fourth-order valence-corrected chi connectivity index (χ4v) is 6.02. The second-order valence-electron chi connectivity index (χ2n) is 10.8. The van der Waals surface area contributed by atoms with Crippen molar-refractivity contribution in [1.29, 1.82) is 0 Å². The van der Waals surface area contributed by atoms with Crippen molar-refractivity contribution >= 4 is 51.9 Å². The van der Waals surface area contributed by atoms with Crippen LogP contribution in [0.4, 0.5) is 5.69 Å². The molecular weight excluding hydrogens is 616 g/mol. The highest BCUT2D eigenvalue weighted by Crippen LogP contribution is 2.28. The summed E-state index contributed by atoms with van der Waals surface area (Å²) in [5.41, 5.74) is 3.11. The Balaban J connectivity index is 0.00000588. The Labute approximate surface area is 269 Å². The average Bonchev–Trinajstić information content (AvgIpc) is 3.48. The van der Waals surface area contributed by atoms with Gasteiger partial charge >= 0.3 is 0 Å². The highest BCUT2D eigenvalue weighted by atomic mass is 79.9. The monoisotopic (exact) mass is 664 g/mol. The smallest absolute Gasteiger partial charge is 0.227 e. The summed E-state index contributed by atoms with van der Waals surface area (Å²) < 4.78 is 6.00. The molecule has 0 aromatic heterocycles. The summed E-state index contributed by atoms with van der Waals surface area (Å²) in [6.45, 7) is 6.19. The molecule has 1 amide bonds. The van der Waals surface area contributed by atoms with Crippen LogP contribution in [0.1, 0.15) is 108 Å². The van der Waals surface area contributed by atoms with E-state index in [1.807, 2.05) is 42.2 Å². The van der Waals surface area contributed by atoms with Gasteiger partial charge in [-0.2, -0.15) is 0 Å². The van der Waals surface area contributed by atoms with Crippen molar-refractivity contribution in [2.45, 2.75) is 110 Å². The normalized spacial score (nSPS) is 12.4. The number of carbonyl (C=O) groups is 1. The summed E-state index contributed by atoms with van der Waals surface area (Å²) in [7, 11) is 0. The van der Waals surface area contributed by atoms with Crippen molar-refractivity contribution in [3.63, 3.8) is 0 Å². The molecule has 0 spiro atoms. The molecule has 2 aromatic rings. The van der Waals surface area contributed by atoms with E-state index in [1.54, 1.807) is 11.8 Å². The molecule has 4 nitrogen and oxygen atoms in total. The van der Waals surface area contributed by atoms with E-state index in [1.165, 1.54) is 76.2 Å². The molecule has 0 fully saturated rings. The molecule has 228 valence electrons. The van der Waals surface area contributed by atoms with Crippen LogP contribution in [-0.4, -0.2) is 23.3 Å². The molecule has 1 heterocycles. The number of amides is 1. The van der Waals surface area contributed by atoms with Crippen LogP contribution in [0.15, 0.2) is 54.1 Å². The van der Waals surface area contributed by atoms with E-state index in [4.69, 9.17) is 16.3 Å². The third kappa shape index (κ3) is 13.5. The highest BCUT2D eigenvalue weighted by molar-refractivity contribution is 8.93. The van der Waals surface area contributed by atoms with Crippen LogP contribution in [0.2, 0.25) is 5.02 Å². The van der Waals surface area contributed by atoms with E-state index < -0.39 is 0 Å². The largest absolute Gasteiger partial charge is 0.492 e. The van der Waals surface area contributed by atoms with Gasteiger partial charge in [0, 0.05) is 24.9 Å². The molecule has 0 saturated carbocycles. The molecule has 41 heavy (non-hydrogen) atoms. The molecular formula is C34H50BrClN2O2S. The first-order valence-corrected chi connectivity index (χ1v) is 16.9. The molecule has 0 bridgehead atoms. The number of hydrogen-bond donors (Lipinski definition) is 0. The Morgan fingerprint density at radius 1 is 0.902 bits per heavy atom. The van der Waals surface area contributed by atoms with Gasteiger partial charge in [0.2, 0.25) is 5.91 Å². The molecule has 0 atom stereocenters. The molecule has 1 aliphatic rings. The molecule has 7 heteroatoms. The zero-order chi connectivity index (χ0) is 28.4. The van der Waals surface area contributed by atoms with Gasteiger partial charge in [-0.3, -0.25) is 4.79 Å². The summed E-state index contributed by atoms with van der Waals surface area (Å²) in [6, 6.07) is 14.2. The lowest BCUT2D eigenvalue weighted by atomic mass is 10.1. The second kappa shape index (κ2) is 21.1. The molecule has 1 aliphatic heterocycles. The van der Waals surface area contributed by atoms with Crippen LogP contribution < -0.4 is 9.64 Å². The van der Waals surface area contributed by atoms with Gasteiger partial charge < -0.3 is 14.5 Å². The fraction of sp³-hybridized carbons (Fsp3) is 0.559. The Kier molecular flexibility index (Phi) is 18.3. The van der Waals surface area contributed by atoms with E-state index in [0.717, 1.165) is 35.8 Å². The van der Waals surface area contributed by atoms with Gasteiger partial charge in [-0.05, 0) is 47.2 Å². The average molecular weight is 666 g/mol. The Bertz CT molecular complexity index is 1050. The minimum absolute atomic E-state index is 0. The van der Waals surface area contributed by atoms with Crippen LogP contribution in [0.25, 0.3) is 0 Å². The lowest BCUT2D eigenvalue weighted by Gasteiger charge is -2.24. The summed E-state index contributed by atoms with van der Waals surface area (Å²) in [4.78, 5) is 17.0. The number of unbranched alkanes of at least 4 members (excludes halogenated alkanes) is 11. The van der Waals surface area contributed by atoms with Crippen molar-refractivity contribution in [3.8, 4) is 5.75 Å². The van der Waals surface area contributed by atoms with Crippen molar-refractivity contribution in [1.82, 2.24) is 4.90 Å². The molecule has 0 aliphatic carbocycles. The van der Waals surface area contributed by atoms with Crippen molar-refractivity contribution in [2.75, 3.05) is 17.4 Å². The first kappa shape index (κ1) is 35.6. The third-order valence-corrected chi connectivity index (χ3v) is 8.50. The van der Waals surface area contributed by atoms with Crippen LogP contribution in [-0.2, 0) is 17.9 Å². The number of ether oxygens (including phenoxy) is 1. The Morgan fingerprint density at radius 2 is 1.59 bits per heavy atom. The summed E-state index contributed by atoms with van der Waals surface area (Å²) in [5, 5.41) is 2.72. The van der Waals surface area contributed by atoms with E-state index in [-0.39, 0.29) is 22.9 Å². The van der Waals surface area contributed by atoms with Gasteiger partial charge in [-0.15, -0.1) is 28.7 Å². The number of halogens is 2. The van der Waals surface area contributed by atoms with Gasteiger partial charge in [0.1, 0.15) is 5.75 Å². The maximum absolute atomic E-state index is 12.9. The molecule has 3 rings (SSSR count). The minimum atomic E-state index is 0. The van der Waals surface area contributed by atoms with Gasteiger partial charge in [0.15, 0.2) is 0 Å². The molecule has 0 radical (unpaired) electrons. The number of hydrogen-bond acceptors (Lipinski definition) is 4. The predicted molar refractivity (Wildman–Crippen MR) is 183 cm³/mol. The van der Waals surface area contributed by atoms with Gasteiger partial charge in [0.25, 0.3) is 0 Å². The van der Waals surface area contributed by atoms with Gasteiger partial charge in [0.05, 0.1) is 24.1 Å².